The van der Waals surface area contributed by atoms with Gasteiger partial charge in [-0.1, -0.05) is 0 Å². The van der Waals surface area contributed by atoms with Crippen LogP contribution in [-0.4, -0.2) is 28.5 Å². The van der Waals surface area contributed by atoms with Crippen molar-refractivity contribution in [3.8, 4) is 0 Å². The van der Waals surface area contributed by atoms with Crippen molar-refractivity contribution in [1.82, 2.24) is 9.47 Å². The van der Waals surface area contributed by atoms with Gasteiger partial charge in [0.15, 0.2) is 6.54 Å². The van der Waals surface area contributed by atoms with Gasteiger partial charge in [-0.15, -0.1) is 0 Å². The summed E-state index contributed by atoms with van der Waals surface area (Å²) in [5.41, 5.74) is 2.43. The highest BCUT2D eigenvalue weighted by molar-refractivity contribution is 5.76. The maximum Gasteiger partial charge on any atom is 0.264 e. The number of likely N-dealkylation sites (tertiary alicyclic amines) is 1. The van der Waals surface area contributed by atoms with Gasteiger partial charge in [-0.3, -0.25) is 4.79 Å². The van der Waals surface area contributed by atoms with Crippen LogP contribution in [0.1, 0.15) is 30.1 Å². The van der Waals surface area contributed by atoms with Gasteiger partial charge in [0.25, 0.3) is 11.7 Å². The van der Waals surface area contributed by atoms with Gasteiger partial charge >= 0.3 is 0 Å². The number of nitrogens with zero attached hydrogens (tertiary/aromatic N) is 3. The van der Waals surface area contributed by atoms with Gasteiger partial charge in [0, 0.05) is 33.9 Å². The monoisotopic (exact) mass is 236 g/mol. The summed E-state index contributed by atoms with van der Waals surface area (Å²) in [6, 6.07) is 0. The molecule has 94 valence electrons. The summed E-state index contributed by atoms with van der Waals surface area (Å²) in [4.78, 5) is 14.1. The van der Waals surface area contributed by atoms with Crippen LogP contribution in [0.4, 0.5) is 0 Å². The summed E-state index contributed by atoms with van der Waals surface area (Å²) in [6.45, 7) is 8.60. The topological polar surface area (TPSA) is 29.1 Å². The second-order valence-electron chi connectivity index (χ2n) is 4.95. The van der Waals surface area contributed by atoms with Gasteiger partial charge in [-0.25, -0.2) is 9.13 Å². The minimum Gasteiger partial charge on any atom is -0.339 e. The van der Waals surface area contributed by atoms with Crippen LogP contribution >= 0.6 is 0 Å². The molecule has 2 rings (SSSR count). The molecule has 0 aromatic carbocycles. The van der Waals surface area contributed by atoms with E-state index in [-0.39, 0.29) is 5.91 Å². The minimum absolute atomic E-state index is 0.254. The Hall–Kier alpha value is -1.32. The van der Waals surface area contributed by atoms with Gasteiger partial charge in [-0.2, -0.15) is 0 Å². The molecule has 1 aromatic rings. The molecule has 0 saturated carbocycles. The predicted molar refractivity (Wildman–Crippen MR) is 65.6 cm³/mol. The van der Waals surface area contributed by atoms with E-state index < -0.39 is 0 Å². The molecule has 4 nitrogen and oxygen atoms in total. The first kappa shape index (κ1) is 12.1. The van der Waals surface area contributed by atoms with Crippen LogP contribution in [0.25, 0.3) is 0 Å². The van der Waals surface area contributed by atoms with E-state index in [2.05, 4.69) is 37.0 Å². The van der Waals surface area contributed by atoms with Crippen molar-refractivity contribution in [2.45, 2.75) is 40.2 Å². The van der Waals surface area contributed by atoms with E-state index in [1.54, 1.807) is 0 Å². The lowest BCUT2D eigenvalue weighted by molar-refractivity contribution is -0.683. The maximum absolute atomic E-state index is 12.1. The van der Waals surface area contributed by atoms with Crippen LogP contribution in [0.3, 0.4) is 0 Å². The van der Waals surface area contributed by atoms with Crippen molar-refractivity contribution in [3.63, 3.8) is 0 Å². The third-order valence-electron chi connectivity index (χ3n) is 4.06. The SMILES string of the molecule is Cc1c(C)[n+](C)c(C)n1CC(=O)N1CCCC1. The number of hydrogen-bond donors (Lipinski definition) is 0. The smallest absolute Gasteiger partial charge is 0.264 e. The highest BCUT2D eigenvalue weighted by atomic mass is 16.2. The van der Waals surface area contributed by atoms with E-state index in [0.29, 0.717) is 6.54 Å². The fourth-order valence-electron chi connectivity index (χ4n) is 2.54. The van der Waals surface area contributed by atoms with E-state index in [9.17, 15) is 4.79 Å². The van der Waals surface area contributed by atoms with Crippen LogP contribution in [0.15, 0.2) is 0 Å². The van der Waals surface area contributed by atoms with Crippen molar-refractivity contribution in [2.75, 3.05) is 13.1 Å². The summed E-state index contributed by atoms with van der Waals surface area (Å²) in [5, 5.41) is 0. The first-order valence-corrected chi connectivity index (χ1v) is 6.32. The molecule has 1 amide bonds. The Kier molecular flexibility index (Phi) is 3.22. The molecule has 1 aromatic heterocycles. The van der Waals surface area contributed by atoms with Gasteiger partial charge in [-0.05, 0) is 12.8 Å². The Labute approximate surface area is 103 Å². The number of rotatable bonds is 2. The lowest BCUT2D eigenvalue weighted by Crippen LogP contribution is -2.35. The molecule has 4 heteroatoms. The van der Waals surface area contributed by atoms with E-state index >= 15 is 0 Å². The van der Waals surface area contributed by atoms with Crippen LogP contribution in [0, 0.1) is 20.8 Å². The maximum atomic E-state index is 12.1. The molecule has 0 unspecified atom stereocenters. The van der Waals surface area contributed by atoms with Gasteiger partial charge < -0.3 is 4.90 Å². The van der Waals surface area contributed by atoms with Crippen LogP contribution in [-0.2, 0) is 18.4 Å². The number of amides is 1. The van der Waals surface area contributed by atoms with Gasteiger partial charge in [0.1, 0.15) is 11.4 Å². The third-order valence-corrected chi connectivity index (χ3v) is 4.06. The Balaban J connectivity index is 2.18. The Morgan fingerprint density at radius 2 is 1.82 bits per heavy atom. The molecule has 0 aliphatic carbocycles. The highest BCUT2D eigenvalue weighted by Crippen LogP contribution is 2.11. The summed E-state index contributed by atoms with van der Waals surface area (Å²) >= 11 is 0. The van der Waals surface area contributed by atoms with Gasteiger partial charge in [0.2, 0.25) is 0 Å². The molecule has 1 fully saturated rings. The quantitative estimate of drug-likeness (QED) is 0.700. The molecule has 0 spiro atoms. The van der Waals surface area contributed by atoms with E-state index in [1.165, 1.54) is 11.4 Å². The predicted octanol–water partition coefficient (Wildman–Crippen LogP) is 0.860. The molecule has 0 N–H and O–H groups in total. The van der Waals surface area contributed by atoms with Crippen LogP contribution in [0.2, 0.25) is 0 Å². The molecule has 17 heavy (non-hydrogen) atoms. The van der Waals surface area contributed by atoms with Crippen molar-refractivity contribution in [1.29, 1.82) is 0 Å². The first-order chi connectivity index (χ1) is 8.02. The fourth-order valence-corrected chi connectivity index (χ4v) is 2.54. The van der Waals surface area contributed by atoms with E-state index in [1.807, 2.05) is 4.90 Å². The summed E-state index contributed by atoms with van der Waals surface area (Å²) in [6.07, 6.45) is 2.31. The highest BCUT2D eigenvalue weighted by Gasteiger charge is 2.25. The zero-order chi connectivity index (χ0) is 12.6. The minimum atomic E-state index is 0.254. The second-order valence-corrected chi connectivity index (χ2v) is 4.95. The average molecular weight is 236 g/mol. The lowest BCUT2D eigenvalue weighted by Gasteiger charge is -2.14. The van der Waals surface area contributed by atoms with E-state index in [0.717, 1.165) is 31.8 Å². The molecule has 1 saturated heterocycles. The molecular formula is C13H22N3O+. The van der Waals surface area contributed by atoms with Crippen LogP contribution in [0.5, 0.6) is 0 Å². The summed E-state index contributed by atoms with van der Waals surface area (Å²) in [5.74, 6) is 1.40. The standard InChI is InChI=1S/C13H22N3O/c1-10-11(2)16(12(3)14(10)4)9-13(17)15-7-5-6-8-15/h5-9H2,1-4H3/q+1. The number of imidazole rings is 1. The summed E-state index contributed by atoms with van der Waals surface area (Å²) in [7, 11) is 2.05. The zero-order valence-electron chi connectivity index (χ0n) is 11.3. The normalized spacial score (nSPS) is 15.6. The first-order valence-electron chi connectivity index (χ1n) is 6.32. The molecule has 0 bridgehead atoms. The third kappa shape index (κ3) is 2.08. The molecule has 0 radical (unpaired) electrons. The number of aromatic nitrogens is 2. The average Bonchev–Trinajstić information content (AvgIpc) is 2.90. The van der Waals surface area contributed by atoms with Crippen molar-refractivity contribution in [2.24, 2.45) is 7.05 Å². The molecular weight excluding hydrogens is 214 g/mol. The molecule has 1 aliphatic heterocycles. The van der Waals surface area contributed by atoms with Crippen molar-refractivity contribution < 1.29 is 9.36 Å². The molecule has 0 atom stereocenters. The molecule has 1 aliphatic rings. The van der Waals surface area contributed by atoms with Crippen molar-refractivity contribution >= 4 is 5.91 Å². The number of hydrogen-bond acceptors (Lipinski definition) is 1. The van der Waals surface area contributed by atoms with Gasteiger partial charge in [0.05, 0.1) is 7.05 Å². The van der Waals surface area contributed by atoms with E-state index in [4.69, 9.17) is 0 Å². The summed E-state index contributed by atoms with van der Waals surface area (Å²) < 4.78 is 4.27. The number of carbonyl (C=O) groups is 1. The Morgan fingerprint density at radius 3 is 2.29 bits per heavy atom. The Bertz CT molecular complexity index is 417. The zero-order valence-corrected chi connectivity index (χ0v) is 11.3. The Morgan fingerprint density at radius 1 is 1.24 bits per heavy atom. The fraction of sp³-hybridized carbons (Fsp3) is 0.692. The molecule has 2 heterocycles. The second kappa shape index (κ2) is 4.51. The van der Waals surface area contributed by atoms with Crippen molar-refractivity contribution in [3.05, 3.63) is 17.2 Å². The lowest BCUT2D eigenvalue weighted by atomic mass is 10.3. The number of carbonyl (C=O) groups excluding carboxylic acids is 1. The largest absolute Gasteiger partial charge is 0.339 e. The van der Waals surface area contributed by atoms with Crippen LogP contribution < -0.4 is 4.57 Å².